The maximum atomic E-state index is 11.9. The first kappa shape index (κ1) is 15.1. The van der Waals surface area contributed by atoms with Crippen LogP contribution in [-0.2, 0) is 27.1 Å². The zero-order valence-corrected chi connectivity index (χ0v) is 11.4. The summed E-state index contributed by atoms with van der Waals surface area (Å²) in [6.45, 7) is 1.97. The van der Waals surface area contributed by atoms with Crippen molar-refractivity contribution >= 4 is 10.0 Å². The van der Waals surface area contributed by atoms with E-state index in [-0.39, 0.29) is 18.4 Å². The molecule has 18 heavy (non-hydrogen) atoms. The second-order valence-corrected chi connectivity index (χ2v) is 5.97. The van der Waals surface area contributed by atoms with Gasteiger partial charge in [-0.25, -0.2) is 13.1 Å². The first-order valence-corrected chi connectivity index (χ1v) is 7.29. The Morgan fingerprint density at radius 2 is 2.06 bits per heavy atom. The monoisotopic (exact) mass is 273 g/mol. The fourth-order valence-corrected chi connectivity index (χ4v) is 3.05. The average Bonchev–Trinajstić information content (AvgIpc) is 2.28. The minimum atomic E-state index is -3.39. The highest BCUT2D eigenvalue weighted by Gasteiger charge is 2.15. The third-order valence-electron chi connectivity index (χ3n) is 2.33. The van der Waals surface area contributed by atoms with Crippen molar-refractivity contribution in [3.63, 3.8) is 0 Å². The highest BCUT2D eigenvalue weighted by molar-refractivity contribution is 7.88. The summed E-state index contributed by atoms with van der Waals surface area (Å²) in [6, 6.07) is 6.62. The maximum Gasteiger partial charge on any atom is 0.216 e. The molecule has 2 N–H and O–H groups in total. The molecule has 0 saturated heterocycles. The number of hydrogen-bond donors (Lipinski definition) is 2. The molecule has 0 amide bonds. The van der Waals surface area contributed by atoms with Gasteiger partial charge in [-0.3, -0.25) is 0 Å². The van der Waals surface area contributed by atoms with Crippen LogP contribution < -0.4 is 4.72 Å². The molecule has 1 atom stereocenters. The van der Waals surface area contributed by atoms with Crippen LogP contribution in [0.2, 0.25) is 0 Å². The smallest absolute Gasteiger partial charge is 0.216 e. The Labute approximate surface area is 108 Å². The van der Waals surface area contributed by atoms with Crippen LogP contribution >= 0.6 is 0 Å². The molecule has 102 valence electrons. The van der Waals surface area contributed by atoms with Crippen molar-refractivity contribution in [3.8, 4) is 0 Å². The lowest BCUT2D eigenvalue weighted by atomic mass is 10.1. The van der Waals surface area contributed by atoms with Gasteiger partial charge in [-0.15, -0.1) is 0 Å². The van der Waals surface area contributed by atoms with E-state index in [1.165, 1.54) is 7.11 Å². The van der Waals surface area contributed by atoms with Crippen molar-refractivity contribution in [3.05, 3.63) is 35.4 Å². The predicted octanol–water partition coefficient (Wildman–Crippen LogP) is 0.633. The Morgan fingerprint density at radius 1 is 1.39 bits per heavy atom. The second kappa shape index (κ2) is 6.84. The zero-order chi connectivity index (χ0) is 13.6. The van der Waals surface area contributed by atoms with Gasteiger partial charge in [0.25, 0.3) is 0 Å². The molecule has 1 aromatic rings. The summed E-state index contributed by atoms with van der Waals surface area (Å²) in [5, 5.41) is 8.99. The number of benzene rings is 1. The molecule has 1 unspecified atom stereocenters. The van der Waals surface area contributed by atoms with Crippen LogP contribution in [0.15, 0.2) is 24.3 Å². The van der Waals surface area contributed by atoms with Crippen molar-refractivity contribution in [2.24, 2.45) is 0 Å². The summed E-state index contributed by atoms with van der Waals surface area (Å²) in [7, 11) is -1.87. The fourth-order valence-electron chi connectivity index (χ4n) is 1.67. The Balaban J connectivity index is 2.70. The van der Waals surface area contributed by atoms with Crippen LogP contribution in [0.4, 0.5) is 0 Å². The van der Waals surface area contributed by atoms with Crippen molar-refractivity contribution in [2.75, 3.05) is 13.7 Å². The highest BCUT2D eigenvalue weighted by Crippen LogP contribution is 2.09. The number of aliphatic hydroxyl groups is 1. The van der Waals surface area contributed by atoms with Crippen LogP contribution in [0.5, 0.6) is 0 Å². The minimum absolute atomic E-state index is 0.0958. The summed E-state index contributed by atoms with van der Waals surface area (Å²) >= 11 is 0. The van der Waals surface area contributed by atoms with E-state index in [0.717, 1.165) is 0 Å². The standard InChI is InChI=1S/C12H19NO4S/c1-10(8-17-2)13-18(15,16)9-12-5-3-4-11(6-12)7-14/h3-6,10,13-14H,7-9H2,1-2H3. The Morgan fingerprint density at radius 3 is 2.67 bits per heavy atom. The van der Waals surface area contributed by atoms with Gasteiger partial charge < -0.3 is 9.84 Å². The third kappa shape index (κ3) is 5.14. The molecular weight excluding hydrogens is 254 g/mol. The van der Waals surface area contributed by atoms with E-state index < -0.39 is 10.0 Å². The van der Waals surface area contributed by atoms with Gasteiger partial charge in [-0.2, -0.15) is 0 Å². The van der Waals surface area contributed by atoms with Crippen molar-refractivity contribution < 1.29 is 18.3 Å². The van der Waals surface area contributed by atoms with Gasteiger partial charge in [0.15, 0.2) is 0 Å². The molecule has 6 heteroatoms. The van der Waals surface area contributed by atoms with E-state index in [0.29, 0.717) is 17.7 Å². The molecule has 0 saturated carbocycles. The van der Waals surface area contributed by atoms with Crippen LogP contribution in [0, 0.1) is 0 Å². The van der Waals surface area contributed by atoms with Gasteiger partial charge in [0.1, 0.15) is 0 Å². The van der Waals surface area contributed by atoms with Gasteiger partial charge in [0, 0.05) is 13.2 Å². The van der Waals surface area contributed by atoms with Crippen LogP contribution in [0.1, 0.15) is 18.1 Å². The highest BCUT2D eigenvalue weighted by atomic mass is 32.2. The van der Waals surface area contributed by atoms with Gasteiger partial charge in [0.2, 0.25) is 10.0 Å². The molecular formula is C12H19NO4S. The van der Waals surface area contributed by atoms with E-state index >= 15 is 0 Å². The average molecular weight is 273 g/mol. The molecule has 5 nitrogen and oxygen atoms in total. The van der Waals surface area contributed by atoms with E-state index in [4.69, 9.17) is 9.84 Å². The molecule has 0 aromatic heterocycles. The van der Waals surface area contributed by atoms with Crippen molar-refractivity contribution in [2.45, 2.75) is 25.3 Å². The fraction of sp³-hybridized carbons (Fsp3) is 0.500. The summed E-state index contributed by atoms with van der Waals surface area (Å²) in [5.74, 6) is -0.102. The van der Waals surface area contributed by atoms with Gasteiger partial charge in [-0.1, -0.05) is 24.3 Å². The van der Waals surface area contributed by atoms with Crippen LogP contribution in [-0.4, -0.2) is 33.3 Å². The van der Waals surface area contributed by atoms with Gasteiger partial charge in [-0.05, 0) is 18.1 Å². The molecule has 1 rings (SSSR count). The van der Waals surface area contributed by atoms with E-state index in [1.54, 1.807) is 31.2 Å². The number of sulfonamides is 1. The maximum absolute atomic E-state index is 11.9. The SMILES string of the molecule is COCC(C)NS(=O)(=O)Cc1cccc(CO)c1. The first-order chi connectivity index (χ1) is 8.46. The molecule has 0 bridgehead atoms. The van der Waals surface area contributed by atoms with E-state index in [9.17, 15) is 8.42 Å². The van der Waals surface area contributed by atoms with Crippen molar-refractivity contribution in [1.82, 2.24) is 4.72 Å². The number of nitrogens with one attached hydrogen (secondary N) is 1. The molecule has 0 aliphatic rings. The number of methoxy groups -OCH3 is 1. The first-order valence-electron chi connectivity index (χ1n) is 5.64. The van der Waals surface area contributed by atoms with E-state index in [1.807, 2.05) is 0 Å². The predicted molar refractivity (Wildman–Crippen MR) is 69.5 cm³/mol. The Hall–Kier alpha value is -0.950. The van der Waals surface area contributed by atoms with Crippen LogP contribution in [0.25, 0.3) is 0 Å². The number of aliphatic hydroxyl groups excluding tert-OH is 1. The largest absolute Gasteiger partial charge is 0.392 e. The number of rotatable bonds is 7. The molecule has 0 aliphatic heterocycles. The lowest BCUT2D eigenvalue weighted by Gasteiger charge is -2.13. The Kier molecular flexibility index (Phi) is 5.74. The summed E-state index contributed by atoms with van der Waals surface area (Å²) in [4.78, 5) is 0. The summed E-state index contributed by atoms with van der Waals surface area (Å²) < 4.78 is 31.1. The topological polar surface area (TPSA) is 75.6 Å². The molecule has 0 heterocycles. The minimum Gasteiger partial charge on any atom is -0.392 e. The molecule has 0 spiro atoms. The third-order valence-corrected chi connectivity index (χ3v) is 3.80. The number of hydrogen-bond acceptors (Lipinski definition) is 4. The lowest BCUT2D eigenvalue weighted by Crippen LogP contribution is -2.36. The van der Waals surface area contributed by atoms with Crippen molar-refractivity contribution in [1.29, 1.82) is 0 Å². The quantitative estimate of drug-likeness (QED) is 0.764. The normalized spacial score (nSPS) is 13.5. The van der Waals surface area contributed by atoms with Gasteiger partial charge in [0.05, 0.1) is 19.0 Å². The van der Waals surface area contributed by atoms with Gasteiger partial charge >= 0.3 is 0 Å². The lowest BCUT2D eigenvalue weighted by molar-refractivity contribution is 0.180. The van der Waals surface area contributed by atoms with Crippen LogP contribution in [0.3, 0.4) is 0 Å². The molecule has 1 aromatic carbocycles. The summed E-state index contributed by atoms with van der Waals surface area (Å²) in [6.07, 6.45) is 0. The molecule has 0 aliphatic carbocycles. The second-order valence-electron chi connectivity index (χ2n) is 4.21. The zero-order valence-electron chi connectivity index (χ0n) is 10.6. The molecule has 0 fully saturated rings. The summed E-state index contributed by atoms with van der Waals surface area (Å²) in [5.41, 5.74) is 1.35. The number of ether oxygens (including phenoxy) is 1. The van der Waals surface area contributed by atoms with E-state index in [2.05, 4.69) is 4.72 Å². The molecule has 0 radical (unpaired) electrons. The Bertz CT molecular complexity index is 473.